The van der Waals surface area contributed by atoms with Crippen LogP contribution in [0.2, 0.25) is 0 Å². The first kappa shape index (κ1) is 18.0. The highest BCUT2D eigenvalue weighted by atomic mass is 32.2. The maximum atomic E-state index is 13.4. The van der Waals surface area contributed by atoms with E-state index in [1.165, 1.54) is 23.5 Å². The molecule has 8 heteroatoms. The van der Waals surface area contributed by atoms with E-state index in [9.17, 15) is 12.8 Å². The molecule has 0 atom stereocenters. The number of ether oxygens (including phenoxy) is 1. The maximum Gasteiger partial charge on any atom is 0.243 e. The number of benzene rings is 1. The summed E-state index contributed by atoms with van der Waals surface area (Å²) in [7, 11) is -2.35. The zero-order chi connectivity index (χ0) is 16.0. The molecule has 2 N–H and O–H groups in total. The Morgan fingerprint density at radius 2 is 2.10 bits per heavy atom. The summed E-state index contributed by atoms with van der Waals surface area (Å²) in [6.45, 7) is 2.13. The molecule has 0 unspecified atom stereocenters. The quantitative estimate of drug-likeness (QED) is 0.729. The molecule has 0 aliphatic carbocycles. The van der Waals surface area contributed by atoms with Crippen LogP contribution in [0.1, 0.15) is 12.0 Å². The Labute approximate surface area is 129 Å². The summed E-state index contributed by atoms with van der Waals surface area (Å²) in [5.74, 6) is -0.597. The Balaban J connectivity index is 3.12. The van der Waals surface area contributed by atoms with E-state index in [4.69, 9.17) is 22.7 Å². The number of halogens is 1. The van der Waals surface area contributed by atoms with E-state index < -0.39 is 15.8 Å². The third-order valence-corrected chi connectivity index (χ3v) is 5.17. The van der Waals surface area contributed by atoms with Crippen LogP contribution in [0.4, 0.5) is 4.39 Å². The maximum absolute atomic E-state index is 13.4. The predicted molar refractivity (Wildman–Crippen MR) is 83.2 cm³/mol. The van der Waals surface area contributed by atoms with E-state index in [2.05, 4.69) is 0 Å². The van der Waals surface area contributed by atoms with Gasteiger partial charge in [0.15, 0.2) is 0 Å². The molecule has 0 radical (unpaired) electrons. The van der Waals surface area contributed by atoms with Crippen LogP contribution in [0.3, 0.4) is 0 Å². The van der Waals surface area contributed by atoms with E-state index in [1.54, 1.807) is 6.92 Å². The molecular weight excluding hydrogens is 315 g/mol. The molecular formula is C13H19FN2O3S2. The molecule has 1 aromatic rings. The monoisotopic (exact) mass is 334 g/mol. The van der Waals surface area contributed by atoms with Crippen molar-refractivity contribution in [3.8, 4) is 0 Å². The van der Waals surface area contributed by atoms with Gasteiger partial charge in [-0.15, -0.1) is 0 Å². The highest BCUT2D eigenvalue weighted by Gasteiger charge is 2.26. The number of sulfonamides is 1. The van der Waals surface area contributed by atoms with Crippen LogP contribution in [0.5, 0.6) is 0 Å². The fraction of sp³-hybridized carbons (Fsp3) is 0.462. The third kappa shape index (κ3) is 4.99. The van der Waals surface area contributed by atoms with E-state index in [0.29, 0.717) is 5.56 Å². The molecule has 0 aliphatic heterocycles. The standard InChI is InChI=1S/C13H19FN2O3S2/c1-10-3-4-11(14)9-12(10)21(17,18)16(7-8-19-2)6-5-13(15)20/h3-4,9H,5-8H2,1-2H3,(H2,15,20). The number of nitrogens with two attached hydrogens (primary N) is 1. The number of methoxy groups -OCH3 is 1. The van der Waals surface area contributed by atoms with Crippen molar-refractivity contribution in [2.75, 3.05) is 26.8 Å². The summed E-state index contributed by atoms with van der Waals surface area (Å²) in [6, 6.07) is 3.68. The molecule has 0 spiro atoms. The number of aryl methyl sites for hydroxylation is 1. The number of hydrogen-bond donors (Lipinski definition) is 1. The summed E-state index contributed by atoms with van der Waals surface area (Å²) < 4.78 is 44.8. The second kappa shape index (κ2) is 7.79. The third-order valence-electron chi connectivity index (χ3n) is 2.92. The van der Waals surface area contributed by atoms with Gasteiger partial charge >= 0.3 is 0 Å². The lowest BCUT2D eigenvalue weighted by atomic mass is 10.2. The largest absolute Gasteiger partial charge is 0.393 e. The lowest BCUT2D eigenvalue weighted by molar-refractivity contribution is 0.179. The minimum Gasteiger partial charge on any atom is -0.393 e. The molecule has 0 aromatic heterocycles. The first-order valence-electron chi connectivity index (χ1n) is 6.32. The van der Waals surface area contributed by atoms with Crippen LogP contribution < -0.4 is 5.73 Å². The van der Waals surface area contributed by atoms with Gasteiger partial charge in [-0.1, -0.05) is 18.3 Å². The van der Waals surface area contributed by atoms with Gasteiger partial charge in [-0.3, -0.25) is 0 Å². The van der Waals surface area contributed by atoms with Gasteiger partial charge in [-0.2, -0.15) is 4.31 Å². The first-order chi connectivity index (χ1) is 9.78. The molecule has 1 rings (SSSR count). The van der Waals surface area contributed by atoms with Gasteiger partial charge in [0.2, 0.25) is 10.0 Å². The lowest BCUT2D eigenvalue weighted by Crippen LogP contribution is -2.36. The second-order valence-corrected chi connectivity index (χ2v) is 6.95. The molecule has 0 amide bonds. The lowest BCUT2D eigenvalue weighted by Gasteiger charge is -2.22. The molecule has 118 valence electrons. The van der Waals surface area contributed by atoms with Crippen molar-refractivity contribution in [2.45, 2.75) is 18.2 Å². The van der Waals surface area contributed by atoms with Crippen LogP contribution >= 0.6 is 12.2 Å². The van der Waals surface area contributed by atoms with Crippen LogP contribution in [0.25, 0.3) is 0 Å². The van der Waals surface area contributed by atoms with Crippen LogP contribution in [0, 0.1) is 12.7 Å². The summed E-state index contributed by atoms with van der Waals surface area (Å²) in [5.41, 5.74) is 5.90. The number of rotatable bonds is 8. The SMILES string of the molecule is COCCN(CCC(N)=S)S(=O)(=O)c1cc(F)ccc1C. The summed E-state index contributed by atoms with van der Waals surface area (Å²) in [5, 5.41) is 0. The van der Waals surface area contributed by atoms with Crippen LogP contribution in [0.15, 0.2) is 23.1 Å². The normalized spacial score (nSPS) is 11.8. The molecule has 5 nitrogen and oxygen atoms in total. The van der Waals surface area contributed by atoms with Gasteiger partial charge in [-0.25, -0.2) is 12.8 Å². The minimum absolute atomic E-state index is 0.0541. The van der Waals surface area contributed by atoms with Crippen LogP contribution in [-0.4, -0.2) is 44.5 Å². The molecule has 0 heterocycles. The first-order valence-corrected chi connectivity index (χ1v) is 8.17. The van der Waals surface area contributed by atoms with Gasteiger partial charge in [0.05, 0.1) is 16.5 Å². The molecule has 21 heavy (non-hydrogen) atoms. The number of hydrogen-bond acceptors (Lipinski definition) is 4. The van der Waals surface area contributed by atoms with Gasteiger partial charge in [0.1, 0.15) is 5.82 Å². The molecule has 0 saturated carbocycles. The Hall–Kier alpha value is -1.09. The van der Waals surface area contributed by atoms with Crippen molar-refractivity contribution in [1.82, 2.24) is 4.31 Å². The van der Waals surface area contributed by atoms with Crippen LogP contribution in [-0.2, 0) is 14.8 Å². The Morgan fingerprint density at radius 3 is 2.67 bits per heavy atom. The predicted octanol–water partition coefficient (Wildman–Crippen LogP) is 1.45. The number of nitrogens with zero attached hydrogens (tertiary/aromatic N) is 1. The average molecular weight is 334 g/mol. The van der Waals surface area contributed by atoms with E-state index in [-0.39, 0.29) is 36.0 Å². The van der Waals surface area contributed by atoms with Crippen molar-refractivity contribution in [3.05, 3.63) is 29.6 Å². The smallest absolute Gasteiger partial charge is 0.243 e. The van der Waals surface area contributed by atoms with E-state index in [0.717, 1.165) is 6.07 Å². The Morgan fingerprint density at radius 1 is 1.43 bits per heavy atom. The van der Waals surface area contributed by atoms with E-state index in [1.807, 2.05) is 0 Å². The summed E-state index contributed by atoms with van der Waals surface area (Å²) >= 11 is 4.78. The van der Waals surface area contributed by atoms with Crippen molar-refractivity contribution < 1.29 is 17.5 Å². The molecule has 1 aromatic carbocycles. The van der Waals surface area contributed by atoms with Gasteiger partial charge in [0.25, 0.3) is 0 Å². The van der Waals surface area contributed by atoms with Gasteiger partial charge in [-0.05, 0) is 24.6 Å². The van der Waals surface area contributed by atoms with Crippen molar-refractivity contribution >= 4 is 27.2 Å². The Bertz CT molecular complexity index is 605. The van der Waals surface area contributed by atoms with Crippen molar-refractivity contribution in [3.63, 3.8) is 0 Å². The van der Waals surface area contributed by atoms with Gasteiger partial charge < -0.3 is 10.5 Å². The topological polar surface area (TPSA) is 72.6 Å². The molecule has 0 aliphatic rings. The Kier molecular flexibility index (Phi) is 6.66. The molecule has 0 fully saturated rings. The highest BCUT2D eigenvalue weighted by Crippen LogP contribution is 2.21. The van der Waals surface area contributed by atoms with Gasteiger partial charge in [0, 0.05) is 26.6 Å². The fourth-order valence-electron chi connectivity index (χ4n) is 1.77. The average Bonchev–Trinajstić information content (AvgIpc) is 2.40. The van der Waals surface area contributed by atoms with Crippen molar-refractivity contribution in [1.29, 1.82) is 0 Å². The highest BCUT2D eigenvalue weighted by molar-refractivity contribution is 7.89. The minimum atomic E-state index is -3.82. The zero-order valence-electron chi connectivity index (χ0n) is 12.0. The summed E-state index contributed by atoms with van der Waals surface area (Å²) in [6.07, 6.45) is 0.257. The second-order valence-electron chi connectivity index (χ2n) is 4.52. The number of thiocarbonyl (C=S) groups is 1. The molecule has 0 saturated heterocycles. The molecule has 0 bridgehead atoms. The van der Waals surface area contributed by atoms with E-state index >= 15 is 0 Å². The van der Waals surface area contributed by atoms with Crippen molar-refractivity contribution in [2.24, 2.45) is 5.73 Å². The summed E-state index contributed by atoms with van der Waals surface area (Å²) in [4.78, 5) is 0.171. The zero-order valence-corrected chi connectivity index (χ0v) is 13.6. The fourth-order valence-corrected chi connectivity index (χ4v) is 3.52.